The highest BCUT2D eigenvalue weighted by atomic mass is 16.3. The molecule has 0 radical (unpaired) electrons. The summed E-state index contributed by atoms with van der Waals surface area (Å²) in [5, 5.41) is 15.6. The summed E-state index contributed by atoms with van der Waals surface area (Å²) in [6.07, 6.45) is 3.57. The fraction of sp³-hybridized carbons (Fsp3) is 0.500. The van der Waals surface area contributed by atoms with Gasteiger partial charge in [0.15, 0.2) is 0 Å². The lowest BCUT2D eigenvalue weighted by Gasteiger charge is -2.21. The van der Waals surface area contributed by atoms with E-state index in [9.17, 15) is 14.7 Å². The first-order chi connectivity index (χ1) is 10.0. The monoisotopic (exact) mass is 290 g/mol. The highest BCUT2D eigenvalue weighted by Crippen LogP contribution is 2.32. The summed E-state index contributed by atoms with van der Waals surface area (Å²) in [7, 11) is 1.59. The molecule has 3 N–H and O–H groups in total. The molecule has 1 aromatic carbocycles. The lowest BCUT2D eigenvalue weighted by atomic mass is 9.97. The smallest absolute Gasteiger partial charge is 0.251 e. The van der Waals surface area contributed by atoms with Crippen molar-refractivity contribution in [1.29, 1.82) is 0 Å². The quantitative estimate of drug-likeness (QED) is 0.766. The van der Waals surface area contributed by atoms with Crippen molar-refractivity contribution in [2.45, 2.75) is 44.2 Å². The van der Waals surface area contributed by atoms with Crippen LogP contribution in [0.1, 0.15) is 48.0 Å². The third-order valence-electron chi connectivity index (χ3n) is 3.96. The Bertz CT molecular complexity index is 505. The lowest BCUT2D eigenvalue weighted by Crippen LogP contribution is -2.34. The molecule has 1 aliphatic carbocycles. The molecular formula is C16H22N2O3. The van der Waals surface area contributed by atoms with Gasteiger partial charge < -0.3 is 15.7 Å². The van der Waals surface area contributed by atoms with Crippen LogP contribution in [-0.4, -0.2) is 29.6 Å². The van der Waals surface area contributed by atoms with Crippen LogP contribution in [0.2, 0.25) is 0 Å². The van der Waals surface area contributed by atoms with Gasteiger partial charge in [0.05, 0.1) is 12.0 Å². The molecule has 2 rings (SSSR count). The number of carbonyl (C=O) groups excluding carboxylic acids is 2. The molecule has 5 heteroatoms. The zero-order chi connectivity index (χ0) is 15.3. The van der Waals surface area contributed by atoms with Crippen molar-refractivity contribution >= 4 is 11.8 Å². The Labute approximate surface area is 124 Å². The van der Waals surface area contributed by atoms with Crippen LogP contribution in [0.4, 0.5) is 0 Å². The molecule has 0 heterocycles. The molecule has 0 unspecified atom stereocenters. The summed E-state index contributed by atoms with van der Waals surface area (Å²) >= 11 is 0. The Morgan fingerprint density at radius 2 is 1.81 bits per heavy atom. The van der Waals surface area contributed by atoms with Crippen molar-refractivity contribution < 1.29 is 14.7 Å². The van der Waals surface area contributed by atoms with Gasteiger partial charge >= 0.3 is 0 Å². The molecule has 0 spiro atoms. The summed E-state index contributed by atoms with van der Waals surface area (Å²) in [5.74, 6) is -0.260. The van der Waals surface area contributed by atoms with Crippen LogP contribution in [0.25, 0.3) is 0 Å². The minimum absolute atomic E-state index is 0.130. The molecule has 0 aromatic heterocycles. The molecule has 1 saturated carbocycles. The van der Waals surface area contributed by atoms with E-state index in [1.54, 1.807) is 19.2 Å². The van der Waals surface area contributed by atoms with Crippen molar-refractivity contribution in [3.05, 3.63) is 35.4 Å². The molecule has 0 aliphatic heterocycles. The highest BCUT2D eigenvalue weighted by molar-refractivity contribution is 5.93. The van der Waals surface area contributed by atoms with Gasteiger partial charge in [-0.05, 0) is 30.5 Å². The predicted molar refractivity (Wildman–Crippen MR) is 79.7 cm³/mol. The second-order valence-electron chi connectivity index (χ2n) is 5.66. The molecule has 5 nitrogen and oxygen atoms in total. The van der Waals surface area contributed by atoms with E-state index < -0.39 is 5.60 Å². The summed E-state index contributed by atoms with van der Waals surface area (Å²) in [6, 6.07) is 7.08. The van der Waals surface area contributed by atoms with Crippen LogP contribution in [0.15, 0.2) is 24.3 Å². The molecular weight excluding hydrogens is 268 g/mol. The summed E-state index contributed by atoms with van der Waals surface area (Å²) in [4.78, 5) is 23.3. The van der Waals surface area contributed by atoms with Gasteiger partial charge in [-0.1, -0.05) is 25.0 Å². The van der Waals surface area contributed by atoms with Crippen LogP contribution in [0, 0.1) is 0 Å². The standard InChI is InChI=1S/C16H22N2O3/c1-17-15(20)13-6-4-12(5-7-13)11-18-14(19)10-16(21)8-2-3-9-16/h4-7,21H,2-3,8-11H2,1H3,(H,17,20)(H,18,19). The molecule has 1 aromatic rings. The average Bonchev–Trinajstić information content (AvgIpc) is 2.91. The van der Waals surface area contributed by atoms with Crippen molar-refractivity contribution in [2.75, 3.05) is 7.05 Å². The Hall–Kier alpha value is -1.88. The molecule has 21 heavy (non-hydrogen) atoms. The maximum absolute atomic E-state index is 11.9. The van der Waals surface area contributed by atoms with E-state index in [4.69, 9.17) is 0 Å². The number of amides is 2. The largest absolute Gasteiger partial charge is 0.389 e. The number of nitrogens with one attached hydrogen (secondary N) is 2. The van der Waals surface area contributed by atoms with Gasteiger partial charge in [0.2, 0.25) is 5.91 Å². The minimum atomic E-state index is -0.812. The molecule has 0 bridgehead atoms. The second kappa shape index (κ2) is 6.72. The molecule has 1 aliphatic rings. The first-order valence-electron chi connectivity index (χ1n) is 7.32. The zero-order valence-electron chi connectivity index (χ0n) is 12.3. The summed E-state index contributed by atoms with van der Waals surface area (Å²) in [5.41, 5.74) is 0.704. The SMILES string of the molecule is CNC(=O)c1ccc(CNC(=O)CC2(O)CCCC2)cc1. The van der Waals surface area contributed by atoms with Gasteiger partial charge in [-0.25, -0.2) is 0 Å². The number of hydrogen-bond acceptors (Lipinski definition) is 3. The maximum Gasteiger partial charge on any atom is 0.251 e. The van der Waals surface area contributed by atoms with E-state index in [0.29, 0.717) is 24.9 Å². The molecule has 0 saturated heterocycles. The minimum Gasteiger partial charge on any atom is -0.389 e. The molecule has 1 fully saturated rings. The zero-order valence-corrected chi connectivity index (χ0v) is 12.3. The van der Waals surface area contributed by atoms with Crippen molar-refractivity contribution in [1.82, 2.24) is 10.6 Å². The first kappa shape index (κ1) is 15.5. The fourth-order valence-corrected chi connectivity index (χ4v) is 2.69. The Balaban J connectivity index is 1.82. The van der Waals surface area contributed by atoms with Crippen molar-refractivity contribution in [3.63, 3.8) is 0 Å². The molecule has 0 atom stereocenters. The summed E-state index contributed by atoms with van der Waals surface area (Å²) < 4.78 is 0. The predicted octanol–water partition coefficient (Wildman–Crippen LogP) is 1.36. The van der Waals surface area contributed by atoms with Crippen LogP contribution < -0.4 is 10.6 Å². The lowest BCUT2D eigenvalue weighted by molar-refractivity contribution is -0.126. The maximum atomic E-state index is 11.9. The Kier molecular flexibility index (Phi) is 4.96. The van der Waals surface area contributed by atoms with Crippen LogP contribution in [0.5, 0.6) is 0 Å². The van der Waals surface area contributed by atoms with E-state index >= 15 is 0 Å². The number of aliphatic hydroxyl groups is 1. The average molecular weight is 290 g/mol. The van der Waals surface area contributed by atoms with Gasteiger partial charge in [-0.15, -0.1) is 0 Å². The fourth-order valence-electron chi connectivity index (χ4n) is 2.69. The Morgan fingerprint density at radius 3 is 2.38 bits per heavy atom. The van der Waals surface area contributed by atoms with Gasteiger partial charge in [0, 0.05) is 19.2 Å². The summed E-state index contributed by atoms with van der Waals surface area (Å²) in [6.45, 7) is 0.406. The third-order valence-corrected chi connectivity index (χ3v) is 3.96. The normalized spacial score (nSPS) is 16.5. The van der Waals surface area contributed by atoms with Crippen molar-refractivity contribution in [3.8, 4) is 0 Å². The van der Waals surface area contributed by atoms with Crippen LogP contribution in [0.3, 0.4) is 0 Å². The van der Waals surface area contributed by atoms with E-state index in [0.717, 1.165) is 18.4 Å². The van der Waals surface area contributed by atoms with Crippen LogP contribution in [-0.2, 0) is 11.3 Å². The van der Waals surface area contributed by atoms with Crippen LogP contribution >= 0.6 is 0 Å². The number of carbonyl (C=O) groups is 2. The third kappa shape index (κ3) is 4.29. The Morgan fingerprint density at radius 1 is 1.19 bits per heavy atom. The van der Waals surface area contributed by atoms with E-state index in [1.807, 2.05) is 12.1 Å². The molecule has 114 valence electrons. The van der Waals surface area contributed by atoms with Gasteiger partial charge in [-0.2, -0.15) is 0 Å². The van der Waals surface area contributed by atoms with Gasteiger partial charge in [0.1, 0.15) is 0 Å². The number of rotatable bonds is 5. The number of hydrogen-bond donors (Lipinski definition) is 3. The van der Waals surface area contributed by atoms with Gasteiger partial charge in [0.25, 0.3) is 5.91 Å². The topological polar surface area (TPSA) is 78.4 Å². The van der Waals surface area contributed by atoms with E-state index in [1.165, 1.54) is 0 Å². The number of benzene rings is 1. The second-order valence-corrected chi connectivity index (χ2v) is 5.66. The van der Waals surface area contributed by atoms with E-state index in [2.05, 4.69) is 10.6 Å². The van der Waals surface area contributed by atoms with Crippen molar-refractivity contribution in [2.24, 2.45) is 0 Å². The first-order valence-corrected chi connectivity index (χ1v) is 7.32. The van der Waals surface area contributed by atoms with E-state index in [-0.39, 0.29) is 18.2 Å². The van der Waals surface area contributed by atoms with Gasteiger partial charge in [-0.3, -0.25) is 9.59 Å². The molecule has 2 amide bonds. The highest BCUT2D eigenvalue weighted by Gasteiger charge is 2.33.